The van der Waals surface area contributed by atoms with E-state index in [-0.39, 0.29) is 17.0 Å². The van der Waals surface area contributed by atoms with E-state index in [1.807, 2.05) is 0 Å². The minimum absolute atomic E-state index is 0.0245. The summed E-state index contributed by atoms with van der Waals surface area (Å²) >= 11 is 5.67. The van der Waals surface area contributed by atoms with Crippen molar-refractivity contribution in [3.05, 3.63) is 29.0 Å². The van der Waals surface area contributed by atoms with Crippen LogP contribution in [0.2, 0.25) is 5.15 Å². The average Bonchev–Trinajstić information content (AvgIpc) is 2.77. The fourth-order valence-corrected chi connectivity index (χ4v) is 3.98. The molecule has 0 radical (unpaired) electrons. The van der Waals surface area contributed by atoms with Crippen LogP contribution in [0.25, 0.3) is 0 Å². The number of carbonyl (C=O) groups excluding carboxylic acids is 1. The summed E-state index contributed by atoms with van der Waals surface area (Å²) in [6.45, 7) is 1.58. The van der Waals surface area contributed by atoms with Gasteiger partial charge in [0.05, 0.1) is 11.9 Å². The standard InChI is InChI=1S/C16H23ClN2O4S/c1-12(23-14-6-4-2-3-5-7-14)16(20)19-24(21,22)11-13-8-9-15(17)18-10-13/h8-10,12,14H,2-7,11H2,1H3,(H,19,20). The highest BCUT2D eigenvalue weighted by Crippen LogP contribution is 2.21. The van der Waals surface area contributed by atoms with E-state index in [1.54, 1.807) is 13.0 Å². The van der Waals surface area contributed by atoms with E-state index in [9.17, 15) is 13.2 Å². The predicted molar refractivity (Wildman–Crippen MR) is 92.1 cm³/mol. The van der Waals surface area contributed by atoms with Gasteiger partial charge >= 0.3 is 0 Å². The molecule has 1 amide bonds. The minimum Gasteiger partial charge on any atom is -0.365 e. The summed E-state index contributed by atoms with van der Waals surface area (Å²) in [4.78, 5) is 15.9. The van der Waals surface area contributed by atoms with Crippen LogP contribution >= 0.6 is 11.6 Å². The van der Waals surface area contributed by atoms with Crippen molar-refractivity contribution in [1.29, 1.82) is 0 Å². The number of pyridine rings is 1. The maximum atomic E-state index is 12.1. The molecule has 1 heterocycles. The summed E-state index contributed by atoms with van der Waals surface area (Å²) in [5, 5.41) is 0.283. The summed E-state index contributed by atoms with van der Waals surface area (Å²) in [5.41, 5.74) is 0.456. The molecule has 6 nitrogen and oxygen atoms in total. The summed E-state index contributed by atoms with van der Waals surface area (Å²) in [6, 6.07) is 3.07. The molecule has 1 unspecified atom stereocenters. The van der Waals surface area contributed by atoms with Crippen LogP contribution < -0.4 is 4.72 Å². The van der Waals surface area contributed by atoms with Crippen molar-refractivity contribution in [2.24, 2.45) is 0 Å². The number of aromatic nitrogens is 1. The fraction of sp³-hybridized carbons (Fsp3) is 0.625. The molecule has 1 aromatic rings. The minimum atomic E-state index is -3.80. The molecule has 24 heavy (non-hydrogen) atoms. The third-order valence-electron chi connectivity index (χ3n) is 3.97. The molecule has 0 spiro atoms. The van der Waals surface area contributed by atoms with Gasteiger partial charge in [0.1, 0.15) is 11.3 Å². The summed E-state index contributed by atoms with van der Waals surface area (Å²) in [5.74, 6) is -0.972. The van der Waals surface area contributed by atoms with Crippen molar-refractivity contribution in [2.75, 3.05) is 0 Å². The largest absolute Gasteiger partial charge is 0.365 e. The molecule has 1 fully saturated rings. The van der Waals surface area contributed by atoms with Crippen LogP contribution in [0.1, 0.15) is 51.0 Å². The van der Waals surface area contributed by atoms with E-state index in [0.29, 0.717) is 5.56 Å². The van der Waals surface area contributed by atoms with E-state index >= 15 is 0 Å². The Morgan fingerprint density at radius 1 is 1.33 bits per heavy atom. The number of hydrogen-bond acceptors (Lipinski definition) is 5. The zero-order valence-corrected chi connectivity index (χ0v) is 15.3. The Balaban J connectivity index is 1.87. The van der Waals surface area contributed by atoms with Crippen molar-refractivity contribution < 1.29 is 17.9 Å². The topological polar surface area (TPSA) is 85.4 Å². The number of amides is 1. The molecule has 0 bridgehead atoms. The van der Waals surface area contributed by atoms with Gasteiger partial charge < -0.3 is 4.74 Å². The highest BCUT2D eigenvalue weighted by atomic mass is 35.5. The van der Waals surface area contributed by atoms with E-state index in [4.69, 9.17) is 16.3 Å². The van der Waals surface area contributed by atoms with Gasteiger partial charge in [-0.2, -0.15) is 0 Å². The monoisotopic (exact) mass is 374 g/mol. The lowest BCUT2D eigenvalue weighted by atomic mass is 10.1. The number of sulfonamides is 1. The molecule has 1 N–H and O–H groups in total. The first-order valence-corrected chi connectivity index (χ1v) is 10.2. The first-order chi connectivity index (χ1) is 11.4. The maximum absolute atomic E-state index is 12.1. The Kier molecular flexibility index (Phi) is 7.01. The molecule has 1 atom stereocenters. The van der Waals surface area contributed by atoms with Gasteiger partial charge in [-0.05, 0) is 31.4 Å². The van der Waals surface area contributed by atoms with E-state index < -0.39 is 22.0 Å². The first-order valence-electron chi connectivity index (χ1n) is 8.16. The number of ether oxygens (including phenoxy) is 1. The van der Waals surface area contributed by atoms with Gasteiger partial charge in [0, 0.05) is 6.20 Å². The lowest BCUT2D eigenvalue weighted by Crippen LogP contribution is -2.40. The van der Waals surface area contributed by atoms with Crippen LogP contribution in [-0.4, -0.2) is 31.5 Å². The molecule has 0 aliphatic heterocycles. The maximum Gasteiger partial charge on any atom is 0.262 e. The molecular weight excluding hydrogens is 352 g/mol. The number of hydrogen-bond donors (Lipinski definition) is 1. The second kappa shape index (κ2) is 8.78. The first kappa shape index (κ1) is 19.1. The lowest BCUT2D eigenvalue weighted by molar-refractivity contribution is -0.133. The summed E-state index contributed by atoms with van der Waals surface area (Å²) in [7, 11) is -3.80. The van der Waals surface area contributed by atoms with Crippen molar-refractivity contribution in [2.45, 2.75) is 63.4 Å². The highest BCUT2D eigenvalue weighted by molar-refractivity contribution is 7.89. The van der Waals surface area contributed by atoms with Gasteiger partial charge in [-0.15, -0.1) is 0 Å². The summed E-state index contributed by atoms with van der Waals surface area (Å²) in [6.07, 6.45) is 6.97. The van der Waals surface area contributed by atoms with E-state index in [1.165, 1.54) is 25.1 Å². The average molecular weight is 375 g/mol. The van der Waals surface area contributed by atoms with Gasteiger partial charge in [0.25, 0.3) is 5.91 Å². The molecule has 2 rings (SSSR count). The predicted octanol–water partition coefficient (Wildman–Crippen LogP) is 2.81. The van der Waals surface area contributed by atoms with Crippen molar-refractivity contribution in [1.82, 2.24) is 9.71 Å². The molecule has 1 saturated carbocycles. The van der Waals surface area contributed by atoms with Crippen LogP contribution in [0.3, 0.4) is 0 Å². The highest BCUT2D eigenvalue weighted by Gasteiger charge is 2.24. The van der Waals surface area contributed by atoms with Gasteiger partial charge in [-0.25, -0.2) is 13.4 Å². The van der Waals surface area contributed by atoms with Gasteiger partial charge in [-0.1, -0.05) is 43.4 Å². The number of nitrogens with one attached hydrogen (secondary N) is 1. The van der Waals surface area contributed by atoms with E-state index in [0.717, 1.165) is 25.7 Å². The van der Waals surface area contributed by atoms with Crippen LogP contribution in [0, 0.1) is 0 Å². The molecule has 0 aromatic carbocycles. The van der Waals surface area contributed by atoms with Crippen LogP contribution in [-0.2, 0) is 25.3 Å². The van der Waals surface area contributed by atoms with Crippen LogP contribution in [0.15, 0.2) is 18.3 Å². The number of rotatable bonds is 6. The number of halogens is 1. The number of nitrogens with zero attached hydrogens (tertiary/aromatic N) is 1. The van der Waals surface area contributed by atoms with Crippen molar-refractivity contribution in [3.63, 3.8) is 0 Å². The zero-order chi connectivity index (χ0) is 17.6. The molecule has 8 heteroatoms. The van der Waals surface area contributed by atoms with E-state index in [2.05, 4.69) is 9.71 Å². The second-order valence-corrected chi connectivity index (χ2v) is 8.22. The Bertz CT molecular complexity index is 641. The Labute approximate surface area is 148 Å². The third-order valence-corrected chi connectivity index (χ3v) is 5.42. The molecular formula is C16H23ClN2O4S. The van der Waals surface area contributed by atoms with Gasteiger partial charge in [0.2, 0.25) is 10.0 Å². The van der Waals surface area contributed by atoms with Gasteiger partial charge in [0.15, 0.2) is 0 Å². The quantitative estimate of drug-likeness (QED) is 0.611. The molecule has 134 valence electrons. The molecule has 1 aromatic heterocycles. The Hall–Kier alpha value is -1.18. The fourth-order valence-electron chi connectivity index (χ4n) is 2.71. The zero-order valence-electron chi connectivity index (χ0n) is 13.7. The third kappa shape index (κ3) is 6.37. The SMILES string of the molecule is CC(OC1CCCCCC1)C(=O)NS(=O)(=O)Cc1ccc(Cl)nc1. The molecule has 1 aliphatic rings. The summed E-state index contributed by atoms with van der Waals surface area (Å²) < 4.78 is 32.0. The van der Waals surface area contributed by atoms with Crippen molar-refractivity contribution >= 4 is 27.5 Å². The Morgan fingerprint density at radius 3 is 2.58 bits per heavy atom. The van der Waals surface area contributed by atoms with Crippen LogP contribution in [0.5, 0.6) is 0 Å². The lowest BCUT2D eigenvalue weighted by Gasteiger charge is -2.20. The molecule has 1 aliphatic carbocycles. The molecule has 0 saturated heterocycles. The normalized spacial score (nSPS) is 17.9. The Morgan fingerprint density at radius 2 is 2.00 bits per heavy atom. The van der Waals surface area contributed by atoms with Gasteiger partial charge in [-0.3, -0.25) is 9.52 Å². The second-order valence-electron chi connectivity index (χ2n) is 6.11. The number of carbonyl (C=O) groups is 1. The van der Waals surface area contributed by atoms with Crippen LogP contribution in [0.4, 0.5) is 0 Å². The smallest absolute Gasteiger partial charge is 0.262 e. The van der Waals surface area contributed by atoms with Crippen molar-refractivity contribution in [3.8, 4) is 0 Å².